The molecule has 0 unspecified atom stereocenters. The van der Waals surface area contributed by atoms with Gasteiger partial charge in [0, 0.05) is 7.05 Å². The van der Waals surface area contributed by atoms with Gasteiger partial charge in [-0.1, -0.05) is 12.1 Å². The van der Waals surface area contributed by atoms with Crippen LogP contribution in [0.2, 0.25) is 0 Å². The van der Waals surface area contributed by atoms with Crippen LogP contribution in [0.25, 0.3) is 0 Å². The Labute approximate surface area is 111 Å². The van der Waals surface area contributed by atoms with Gasteiger partial charge in [0.15, 0.2) is 5.82 Å². The summed E-state index contributed by atoms with van der Waals surface area (Å²) in [5, 5.41) is 9.12. The second-order valence-electron chi connectivity index (χ2n) is 3.81. The molecule has 96 valence electrons. The zero-order valence-corrected chi connectivity index (χ0v) is 10.7. The largest absolute Gasteiger partial charge is 0.479 e. The average molecular weight is 255 g/mol. The summed E-state index contributed by atoms with van der Waals surface area (Å²) >= 11 is 0. The third kappa shape index (κ3) is 2.26. The molecule has 0 aliphatic rings. The summed E-state index contributed by atoms with van der Waals surface area (Å²) in [6.45, 7) is 0. The SMILES string of the molecule is COc1ncnc(N(C)c2ccccc2C#N)c1N. The molecule has 2 rings (SSSR count). The van der Waals surface area contributed by atoms with E-state index in [0.717, 1.165) is 5.69 Å². The van der Waals surface area contributed by atoms with Crippen LogP contribution < -0.4 is 15.4 Å². The molecule has 0 spiro atoms. The van der Waals surface area contributed by atoms with Crippen LogP contribution in [0, 0.1) is 11.3 Å². The number of benzene rings is 1. The molecular weight excluding hydrogens is 242 g/mol. The number of aromatic nitrogens is 2. The van der Waals surface area contributed by atoms with Crippen molar-refractivity contribution < 1.29 is 4.74 Å². The van der Waals surface area contributed by atoms with Gasteiger partial charge in [-0.2, -0.15) is 10.2 Å². The van der Waals surface area contributed by atoms with Gasteiger partial charge >= 0.3 is 0 Å². The number of anilines is 3. The monoisotopic (exact) mass is 255 g/mol. The Hall–Kier alpha value is -2.81. The Morgan fingerprint density at radius 3 is 2.74 bits per heavy atom. The van der Waals surface area contributed by atoms with Crippen molar-refractivity contribution in [1.29, 1.82) is 5.26 Å². The molecule has 0 atom stereocenters. The first-order valence-corrected chi connectivity index (χ1v) is 5.56. The van der Waals surface area contributed by atoms with Crippen molar-refractivity contribution in [1.82, 2.24) is 9.97 Å². The molecular formula is C13H13N5O. The van der Waals surface area contributed by atoms with Crippen LogP contribution in [-0.4, -0.2) is 24.1 Å². The molecule has 1 heterocycles. The summed E-state index contributed by atoms with van der Waals surface area (Å²) in [6.07, 6.45) is 1.37. The van der Waals surface area contributed by atoms with Gasteiger partial charge in [-0.15, -0.1) is 0 Å². The third-order valence-electron chi connectivity index (χ3n) is 2.72. The number of nitrogen functional groups attached to an aromatic ring is 1. The van der Waals surface area contributed by atoms with E-state index in [1.807, 2.05) is 12.1 Å². The fourth-order valence-electron chi connectivity index (χ4n) is 1.78. The van der Waals surface area contributed by atoms with Gasteiger partial charge in [0.1, 0.15) is 18.1 Å². The van der Waals surface area contributed by atoms with E-state index in [4.69, 9.17) is 15.7 Å². The lowest BCUT2D eigenvalue weighted by Gasteiger charge is -2.21. The first kappa shape index (κ1) is 12.6. The predicted molar refractivity (Wildman–Crippen MR) is 72.2 cm³/mol. The minimum atomic E-state index is 0.311. The quantitative estimate of drug-likeness (QED) is 0.898. The van der Waals surface area contributed by atoms with Crippen molar-refractivity contribution in [3.05, 3.63) is 36.2 Å². The number of ether oxygens (including phenoxy) is 1. The van der Waals surface area contributed by atoms with E-state index >= 15 is 0 Å². The van der Waals surface area contributed by atoms with Crippen molar-refractivity contribution >= 4 is 17.2 Å². The van der Waals surface area contributed by atoms with Gasteiger partial charge < -0.3 is 15.4 Å². The summed E-state index contributed by atoms with van der Waals surface area (Å²) in [7, 11) is 3.28. The standard InChI is InChI=1S/C13H13N5O/c1-18(10-6-4-3-5-9(10)7-14)12-11(15)13(19-2)17-8-16-12/h3-6,8H,15H2,1-2H3. The van der Waals surface area contributed by atoms with E-state index in [1.54, 1.807) is 24.1 Å². The van der Waals surface area contributed by atoms with Crippen molar-refractivity contribution in [2.45, 2.75) is 0 Å². The third-order valence-corrected chi connectivity index (χ3v) is 2.72. The molecule has 2 aromatic rings. The Balaban J connectivity index is 2.51. The van der Waals surface area contributed by atoms with Crippen LogP contribution in [0.15, 0.2) is 30.6 Å². The van der Waals surface area contributed by atoms with E-state index < -0.39 is 0 Å². The summed E-state index contributed by atoms with van der Waals surface area (Å²) in [5.41, 5.74) is 7.55. The predicted octanol–water partition coefficient (Wildman–Crippen LogP) is 1.71. The van der Waals surface area contributed by atoms with Crippen LogP contribution in [0.4, 0.5) is 17.2 Å². The van der Waals surface area contributed by atoms with Crippen LogP contribution in [0.3, 0.4) is 0 Å². The van der Waals surface area contributed by atoms with Crippen LogP contribution >= 0.6 is 0 Å². The highest BCUT2D eigenvalue weighted by atomic mass is 16.5. The van der Waals surface area contributed by atoms with Crippen LogP contribution in [-0.2, 0) is 0 Å². The van der Waals surface area contributed by atoms with Crippen molar-refractivity contribution in [2.24, 2.45) is 0 Å². The average Bonchev–Trinajstić information content (AvgIpc) is 2.46. The van der Waals surface area contributed by atoms with Crippen molar-refractivity contribution in [3.8, 4) is 11.9 Å². The summed E-state index contributed by atoms with van der Waals surface area (Å²) < 4.78 is 5.06. The van der Waals surface area contributed by atoms with E-state index in [0.29, 0.717) is 22.9 Å². The Bertz CT molecular complexity index is 635. The highest BCUT2D eigenvalue weighted by molar-refractivity contribution is 5.76. The van der Waals surface area contributed by atoms with E-state index in [9.17, 15) is 0 Å². The molecule has 1 aromatic carbocycles. The van der Waals surface area contributed by atoms with Gasteiger partial charge in [0.05, 0.1) is 18.4 Å². The highest BCUT2D eigenvalue weighted by Crippen LogP contribution is 2.32. The molecule has 0 radical (unpaired) electrons. The van der Waals surface area contributed by atoms with Crippen LogP contribution in [0.1, 0.15) is 5.56 Å². The molecule has 1 aromatic heterocycles. The van der Waals surface area contributed by atoms with Gasteiger partial charge in [-0.05, 0) is 12.1 Å². The maximum absolute atomic E-state index is 9.12. The molecule has 6 heteroatoms. The lowest BCUT2D eigenvalue weighted by atomic mass is 10.2. The van der Waals surface area contributed by atoms with Crippen molar-refractivity contribution in [2.75, 3.05) is 24.8 Å². The molecule has 0 fully saturated rings. The number of hydrogen-bond acceptors (Lipinski definition) is 6. The molecule has 6 nitrogen and oxygen atoms in total. The number of para-hydroxylation sites is 1. The molecule has 0 aliphatic carbocycles. The number of methoxy groups -OCH3 is 1. The topological polar surface area (TPSA) is 88.1 Å². The molecule has 2 N–H and O–H groups in total. The van der Waals surface area contributed by atoms with Gasteiger partial charge in [0.2, 0.25) is 5.88 Å². The van der Waals surface area contributed by atoms with Crippen LogP contribution in [0.5, 0.6) is 5.88 Å². The zero-order chi connectivity index (χ0) is 13.8. The lowest BCUT2D eigenvalue weighted by Crippen LogP contribution is -2.15. The van der Waals surface area contributed by atoms with Crippen molar-refractivity contribution in [3.63, 3.8) is 0 Å². The van der Waals surface area contributed by atoms with Gasteiger partial charge in [-0.25, -0.2) is 4.98 Å². The molecule has 0 bridgehead atoms. The normalized spacial score (nSPS) is 9.74. The summed E-state index contributed by atoms with van der Waals surface area (Å²) in [6, 6.07) is 9.35. The molecule has 0 saturated carbocycles. The second kappa shape index (κ2) is 5.23. The second-order valence-corrected chi connectivity index (χ2v) is 3.81. The van der Waals surface area contributed by atoms with E-state index in [2.05, 4.69) is 16.0 Å². The summed E-state index contributed by atoms with van der Waals surface area (Å²) in [5.74, 6) is 0.806. The molecule has 0 aliphatic heterocycles. The fourth-order valence-corrected chi connectivity index (χ4v) is 1.78. The number of nitrogens with zero attached hydrogens (tertiary/aromatic N) is 4. The Kier molecular flexibility index (Phi) is 3.48. The maximum atomic E-state index is 9.12. The number of nitriles is 1. The highest BCUT2D eigenvalue weighted by Gasteiger charge is 2.15. The minimum Gasteiger partial charge on any atom is -0.479 e. The number of rotatable bonds is 3. The first-order valence-electron chi connectivity index (χ1n) is 5.56. The van der Waals surface area contributed by atoms with E-state index in [1.165, 1.54) is 13.4 Å². The molecule has 19 heavy (non-hydrogen) atoms. The van der Waals surface area contributed by atoms with E-state index in [-0.39, 0.29) is 0 Å². The maximum Gasteiger partial charge on any atom is 0.242 e. The molecule has 0 amide bonds. The number of nitrogens with two attached hydrogens (primary N) is 1. The number of hydrogen-bond donors (Lipinski definition) is 1. The Morgan fingerprint density at radius 1 is 1.32 bits per heavy atom. The minimum absolute atomic E-state index is 0.311. The first-order chi connectivity index (χ1) is 9.19. The summed E-state index contributed by atoms with van der Waals surface area (Å²) in [4.78, 5) is 9.80. The fraction of sp³-hybridized carbons (Fsp3) is 0.154. The van der Waals surface area contributed by atoms with Gasteiger partial charge in [-0.3, -0.25) is 0 Å². The smallest absolute Gasteiger partial charge is 0.242 e. The van der Waals surface area contributed by atoms with Gasteiger partial charge in [0.25, 0.3) is 0 Å². The molecule has 0 saturated heterocycles. The zero-order valence-electron chi connectivity index (χ0n) is 10.7. The lowest BCUT2D eigenvalue weighted by molar-refractivity contribution is 0.399. The Morgan fingerprint density at radius 2 is 2.05 bits per heavy atom.